The summed E-state index contributed by atoms with van der Waals surface area (Å²) in [5, 5.41) is 20.2. The molecule has 0 saturated carbocycles. The number of aliphatic hydroxyl groups is 1. The number of imidazole rings is 1. The van der Waals surface area contributed by atoms with Gasteiger partial charge >= 0.3 is 14.2 Å². The van der Waals surface area contributed by atoms with Gasteiger partial charge in [0.2, 0.25) is 5.95 Å². The molecule has 4 heterocycles. The Bertz CT molecular complexity index is 1290. The molecule has 2 fully saturated rings. The number of fused-ring (bicyclic) bond motifs is 2. The van der Waals surface area contributed by atoms with Gasteiger partial charge in [-0.15, -0.1) is 9.05 Å². The average Bonchev–Trinajstić information content (AvgIpc) is 3.26. The molecule has 1 aromatic carbocycles. The number of nitrogen functional groups attached to an aromatic ring is 1. The van der Waals surface area contributed by atoms with Crippen LogP contribution in [0.2, 0.25) is 0 Å². The summed E-state index contributed by atoms with van der Waals surface area (Å²) in [5.41, 5.74) is 5.28. The summed E-state index contributed by atoms with van der Waals surface area (Å²) in [6.45, 7) is -0.0463. The minimum absolute atomic E-state index is 0.0298. The van der Waals surface area contributed by atoms with Crippen LogP contribution in [0.4, 0.5) is 5.95 Å². The topological polar surface area (TPSA) is 192 Å². The Morgan fingerprint density at radius 3 is 2.78 bits per heavy atom. The number of aromatic amines is 1. The number of nitrogens with zero attached hydrogens (tertiary/aromatic N) is 3. The number of aromatic nitrogens is 4. The Labute approximate surface area is 183 Å². The molecule has 3 unspecified atom stereocenters. The summed E-state index contributed by atoms with van der Waals surface area (Å²) in [6.07, 6.45) is -3.97. The lowest BCUT2D eigenvalue weighted by atomic mass is 10.1. The maximum Gasteiger partial charge on any atom is 0.697 e. The van der Waals surface area contributed by atoms with E-state index in [0.717, 1.165) is 11.8 Å². The molecule has 2 aliphatic heterocycles. The first-order chi connectivity index (χ1) is 15.3. The van der Waals surface area contributed by atoms with E-state index in [0.29, 0.717) is 4.90 Å². The van der Waals surface area contributed by atoms with Crippen LogP contribution < -0.4 is 11.3 Å². The number of carboxylic acids is 1. The number of ether oxygens (including phenoxy) is 1. The highest BCUT2D eigenvalue weighted by atomic mass is 32.2. The average molecular weight is 480 g/mol. The SMILES string of the molecule is Nc1nc2c(nc(Sc3ccc(C(=O)O)cc3)n2[C@@H]2OC3CO[P+](=O)O[C@H]3C2O)c(=O)[nH]1. The van der Waals surface area contributed by atoms with Gasteiger partial charge in [0.1, 0.15) is 18.8 Å². The van der Waals surface area contributed by atoms with Gasteiger partial charge in [-0.05, 0) is 24.3 Å². The molecule has 2 aromatic heterocycles. The second-order valence-corrected chi connectivity index (χ2v) is 8.92. The normalized spacial score (nSPS) is 26.3. The van der Waals surface area contributed by atoms with Gasteiger partial charge in [-0.25, -0.2) is 9.78 Å². The predicted octanol–water partition coefficient (Wildman–Crippen LogP) is 0.882. The number of anilines is 1. The zero-order valence-corrected chi connectivity index (χ0v) is 17.7. The van der Waals surface area contributed by atoms with E-state index in [4.69, 9.17) is 24.6 Å². The lowest BCUT2D eigenvalue weighted by Gasteiger charge is -2.18. The fourth-order valence-electron chi connectivity index (χ4n) is 3.51. The van der Waals surface area contributed by atoms with Crippen LogP contribution in [0.25, 0.3) is 11.2 Å². The molecular formula is C17H15N5O8PS+. The van der Waals surface area contributed by atoms with Crippen molar-refractivity contribution >= 4 is 43.1 Å². The van der Waals surface area contributed by atoms with Crippen LogP contribution in [0.5, 0.6) is 0 Å². The Balaban J connectivity index is 1.59. The van der Waals surface area contributed by atoms with Crippen molar-refractivity contribution in [2.75, 3.05) is 12.3 Å². The summed E-state index contributed by atoms with van der Waals surface area (Å²) in [5.74, 6) is -1.22. The molecule has 0 spiro atoms. The predicted molar refractivity (Wildman–Crippen MR) is 108 cm³/mol. The smallest absolute Gasteiger partial charge is 0.478 e. The van der Waals surface area contributed by atoms with Gasteiger partial charge < -0.3 is 20.7 Å². The number of benzene rings is 1. The number of aliphatic hydroxyl groups excluding tert-OH is 1. The van der Waals surface area contributed by atoms with E-state index in [-0.39, 0.29) is 34.4 Å². The van der Waals surface area contributed by atoms with Crippen LogP contribution in [0, 0.1) is 0 Å². The molecule has 5 atom stereocenters. The molecule has 0 bridgehead atoms. The number of nitrogens with two attached hydrogens (primary N) is 1. The standard InChI is InChI=1S/C17H14N5O8PS/c18-16-20-12-9(13(24)21-16)19-17(32-7-3-1-6(2-4-7)15(25)26)22(12)14-10(23)11-8(29-14)5-28-31(27)30-11/h1-4,8,10-11,14,23H,5H2,(H3-,18,20,21,24,25,26)/p+1/t8?,10?,11-,14-/m1/s1. The van der Waals surface area contributed by atoms with Crippen LogP contribution in [-0.4, -0.2) is 60.6 Å². The van der Waals surface area contributed by atoms with E-state index in [1.54, 1.807) is 12.1 Å². The number of nitrogens with one attached hydrogen (secondary N) is 1. The summed E-state index contributed by atoms with van der Waals surface area (Å²) in [6, 6.07) is 6.02. The summed E-state index contributed by atoms with van der Waals surface area (Å²) in [7, 11) is -2.39. The Morgan fingerprint density at radius 1 is 1.31 bits per heavy atom. The fourth-order valence-corrected chi connectivity index (χ4v) is 5.21. The lowest BCUT2D eigenvalue weighted by Crippen LogP contribution is -2.37. The molecule has 0 radical (unpaired) electrons. The van der Waals surface area contributed by atoms with Crippen molar-refractivity contribution in [1.82, 2.24) is 19.5 Å². The third-order valence-electron chi connectivity index (χ3n) is 4.96. The molecule has 13 nitrogen and oxygen atoms in total. The van der Waals surface area contributed by atoms with Crippen molar-refractivity contribution in [3.05, 3.63) is 40.2 Å². The van der Waals surface area contributed by atoms with Crippen LogP contribution >= 0.6 is 20.0 Å². The van der Waals surface area contributed by atoms with Gasteiger partial charge in [0.15, 0.2) is 28.7 Å². The van der Waals surface area contributed by atoms with Crippen molar-refractivity contribution in [3.63, 3.8) is 0 Å². The maximum atomic E-state index is 12.4. The number of aromatic carboxylic acids is 1. The van der Waals surface area contributed by atoms with E-state index in [9.17, 15) is 19.3 Å². The fraction of sp³-hybridized carbons (Fsp3) is 0.294. The van der Waals surface area contributed by atoms with E-state index in [1.807, 2.05) is 0 Å². The van der Waals surface area contributed by atoms with E-state index < -0.39 is 44.3 Å². The summed E-state index contributed by atoms with van der Waals surface area (Å²) >= 11 is 1.10. The number of hydrogen-bond donors (Lipinski definition) is 4. The van der Waals surface area contributed by atoms with Crippen LogP contribution in [-0.2, 0) is 18.3 Å². The Morgan fingerprint density at radius 2 is 2.06 bits per heavy atom. The number of carboxylic acid groups (broad SMARTS) is 1. The molecule has 2 aliphatic rings. The highest BCUT2D eigenvalue weighted by molar-refractivity contribution is 7.99. The van der Waals surface area contributed by atoms with Gasteiger partial charge in [-0.1, -0.05) is 11.8 Å². The number of H-pyrrole nitrogens is 1. The van der Waals surface area contributed by atoms with Crippen molar-refractivity contribution < 1.29 is 33.4 Å². The van der Waals surface area contributed by atoms with Crippen LogP contribution in [0.1, 0.15) is 16.6 Å². The van der Waals surface area contributed by atoms with Crippen molar-refractivity contribution in [2.24, 2.45) is 0 Å². The van der Waals surface area contributed by atoms with Crippen LogP contribution in [0.15, 0.2) is 39.1 Å². The number of rotatable bonds is 4. The van der Waals surface area contributed by atoms with Gasteiger partial charge in [0, 0.05) is 9.46 Å². The zero-order valence-electron chi connectivity index (χ0n) is 15.9. The molecule has 3 aromatic rings. The highest BCUT2D eigenvalue weighted by Crippen LogP contribution is 2.44. The zero-order chi connectivity index (χ0) is 22.6. The molecule has 5 N–H and O–H groups in total. The second-order valence-electron chi connectivity index (χ2n) is 6.96. The van der Waals surface area contributed by atoms with Gasteiger partial charge in [0.05, 0.1) is 5.56 Å². The molecule has 0 amide bonds. The first kappa shape index (κ1) is 21.0. The second kappa shape index (κ2) is 7.92. The van der Waals surface area contributed by atoms with Crippen molar-refractivity contribution in [1.29, 1.82) is 0 Å². The lowest BCUT2D eigenvalue weighted by molar-refractivity contribution is -0.0583. The first-order valence-corrected chi connectivity index (χ1v) is 11.1. The monoisotopic (exact) mass is 480 g/mol. The minimum Gasteiger partial charge on any atom is -0.478 e. The molecular weight excluding hydrogens is 465 g/mol. The molecule has 0 aliphatic carbocycles. The largest absolute Gasteiger partial charge is 0.697 e. The van der Waals surface area contributed by atoms with E-state index in [1.165, 1.54) is 16.7 Å². The first-order valence-electron chi connectivity index (χ1n) is 9.21. The third kappa shape index (κ3) is 3.56. The Hall–Kier alpha value is -2.87. The van der Waals surface area contributed by atoms with Crippen molar-refractivity contribution in [2.45, 2.75) is 34.6 Å². The molecule has 5 rings (SSSR count). The van der Waals surface area contributed by atoms with Crippen molar-refractivity contribution in [3.8, 4) is 0 Å². The molecule has 15 heteroatoms. The van der Waals surface area contributed by atoms with E-state index in [2.05, 4.69) is 15.0 Å². The number of hydrogen-bond acceptors (Lipinski definition) is 11. The van der Waals surface area contributed by atoms with E-state index >= 15 is 0 Å². The summed E-state index contributed by atoms with van der Waals surface area (Å²) < 4.78 is 29.1. The quantitative estimate of drug-likeness (QED) is 0.386. The minimum atomic E-state index is -2.39. The summed E-state index contributed by atoms with van der Waals surface area (Å²) in [4.78, 5) is 35.0. The highest BCUT2D eigenvalue weighted by Gasteiger charge is 2.55. The molecule has 2 saturated heterocycles. The molecule has 32 heavy (non-hydrogen) atoms. The third-order valence-corrected chi connectivity index (χ3v) is 6.72. The molecule has 166 valence electrons. The van der Waals surface area contributed by atoms with Crippen LogP contribution in [0.3, 0.4) is 0 Å². The van der Waals surface area contributed by atoms with Gasteiger partial charge in [-0.2, -0.15) is 4.98 Å². The van der Waals surface area contributed by atoms with Gasteiger partial charge in [0.25, 0.3) is 5.56 Å². The number of carbonyl (C=O) groups is 1. The Kier molecular flexibility index (Phi) is 5.20. The maximum absolute atomic E-state index is 12.4. The van der Waals surface area contributed by atoms with Gasteiger partial charge in [-0.3, -0.25) is 14.3 Å².